The summed E-state index contributed by atoms with van der Waals surface area (Å²) in [6.07, 6.45) is 0. The molecule has 0 fully saturated rings. The summed E-state index contributed by atoms with van der Waals surface area (Å²) in [6, 6.07) is 6.16. The topological polar surface area (TPSA) is 126 Å². The zero-order valence-electron chi connectivity index (χ0n) is 14.2. The minimum Gasteiger partial charge on any atom is -0.379 e. The van der Waals surface area contributed by atoms with E-state index in [1.807, 2.05) is 13.8 Å². The Morgan fingerprint density at radius 2 is 1.42 bits per heavy atom. The average molecular weight is 341 g/mol. The zero-order chi connectivity index (χ0) is 18.2. The first-order valence-electron chi connectivity index (χ1n) is 7.73. The van der Waals surface area contributed by atoms with Crippen molar-refractivity contribution in [1.82, 2.24) is 5.48 Å². The van der Waals surface area contributed by atoms with Crippen LogP contribution in [-0.2, 0) is 14.3 Å². The van der Waals surface area contributed by atoms with Gasteiger partial charge in [0.2, 0.25) is 11.8 Å². The van der Waals surface area contributed by atoms with Gasteiger partial charge in [-0.2, -0.15) is 0 Å². The van der Waals surface area contributed by atoms with Gasteiger partial charge in [-0.1, -0.05) is 19.1 Å². The van der Waals surface area contributed by atoms with Crippen molar-refractivity contribution in [2.45, 2.75) is 13.8 Å². The molecule has 0 aliphatic carbocycles. The van der Waals surface area contributed by atoms with Gasteiger partial charge in [0.15, 0.2) is 0 Å². The lowest BCUT2D eigenvalue weighted by atomic mass is 10.1. The number of benzene rings is 1. The van der Waals surface area contributed by atoms with Gasteiger partial charge in [0.25, 0.3) is 0 Å². The fourth-order valence-corrected chi connectivity index (χ4v) is 1.55. The van der Waals surface area contributed by atoms with Gasteiger partial charge in [-0.3, -0.25) is 14.4 Å². The SMILES string of the molecule is CCNOCCOCCOCC.NC(=O)c1ccccc1C(N)=O. The van der Waals surface area contributed by atoms with Crippen LogP contribution in [0.15, 0.2) is 24.3 Å². The molecule has 0 atom stereocenters. The Morgan fingerprint density at radius 3 is 1.88 bits per heavy atom. The van der Waals surface area contributed by atoms with Crippen LogP contribution in [0.3, 0.4) is 0 Å². The minimum absolute atomic E-state index is 0.157. The third kappa shape index (κ3) is 10.7. The normalized spacial score (nSPS) is 9.92. The van der Waals surface area contributed by atoms with E-state index in [9.17, 15) is 9.59 Å². The molecule has 2 amide bonds. The molecule has 0 spiro atoms. The van der Waals surface area contributed by atoms with Gasteiger partial charge < -0.3 is 20.9 Å². The molecule has 136 valence electrons. The smallest absolute Gasteiger partial charge is 0.249 e. The Labute approximate surface area is 142 Å². The van der Waals surface area contributed by atoms with Gasteiger partial charge in [0.05, 0.1) is 37.6 Å². The van der Waals surface area contributed by atoms with Gasteiger partial charge >= 0.3 is 0 Å². The van der Waals surface area contributed by atoms with Crippen molar-refractivity contribution < 1.29 is 23.9 Å². The summed E-state index contributed by atoms with van der Waals surface area (Å²) in [4.78, 5) is 26.5. The molecule has 1 rings (SSSR count). The Kier molecular flexibility index (Phi) is 13.4. The standard InChI is InChI=1S/C8H8N2O2.C8H19NO3/c9-7(11)5-3-1-2-4-6(5)8(10)12;1-3-9-12-8-7-11-6-5-10-4-2/h1-4H,(H2,9,11)(H2,10,12);9H,3-8H2,1-2H3. The summed E-state index contributed by atoms with van der Waals surface area (Å²) in [5, 5.41) is 0. The van der Waals surface area contributed by atoms with Crippen LogP contribution in [0.25, 0.3) is 0 Å². The first kappa shape index (κ1) is 22.0. The number of ether oxygens (including phenoxy) is 2. The van der Waals surface area contributed by atoms with Crippen molar-refractivity contribution >= 4 is 11.8 Å². The van der Waals surface area contributed by atoms with Crippen LogP contribution >= 0.6 is 0 Å². The summed E-state index contributed by atoms with van der Waals surface area (Å²) in [7, 11) is 0. The fraction of sp³-hybridized carbons (Fsp3) is 0.500. The molecule has 8 heteroatoms. The molecule has 0 aliphatic heterocycles. The number of amides is 2. The number of carbonyl (C=O) groups is 2. The lowest BCUT2D eigenvalue weighted by Crippen LogP contribution is -2.20. The number of primary amides is 2. The molecule has 5 N–H and O–H groups in total. The van der Waals surface area contributed by atoms with Crippen LogP contribution in [-0.4, -0.2) is 51.4 Å². The number of rotatable bonds is 11. The lowest BCUT2D eigenvalue weighted by molar-refractivity contribution is -0.0158. The number of nitrogens with two attached hydrogens (primary N) is 2. The van der Waals surface area contributed by atoms with E-state index in [1.54, 1.807) is 12.1 Å². The van der Waals surface area contributed by atoms with Crippen molar-refractivity contribution in [3.8, 4) is 0 Å². The van der Waals surface area contributed by atoms with E-state index in [1.165, 1.54) is 12.1 Å². The van der Waals surface area contributed by atoms with Crippen LogP contribution in [0.5, 0.6) is 0 Å². The van der Waals surface area contributed by atoms with Crippen LogP contribution < -0.4 is 16.9 Å². The van der Waals surface area contributed by atoms with Crippen molar-refractivity contribution in [3.05, 3.63) is 35.4 Å². The summed E-state index contributed by atoms with van der Waals surface area (Å²) < 4.78 is 10.3. The van der Waals surface area contributed by atoms with E-state index in [-0.39, 0.29) is 11.1 Å². The van der Waals surface area contributed by atoms with Gasteiger partial charge in [-0.05, 0) is 19.1 Å². The first-order chi connectivity index (χ1) is 11.5. The molecule has 0 aromatic heterocycles. The molecule has 0 bridgehead atoms. The quantitative estimate of drug-likeness (QED) is 0.397. The molecule has 0 unspecified atom stereocenters. The predicted octanol–water partition coefficient (Wildman–Crippen LogP) is 0.465. The number of hydrogen-bond donors (Lipinski definition) is 3. The van der Waals surface area contributed by atoms with Gasteiger partial charge in [-0.25, -0.2) is 5.48 Å². The largest absolute Gasteiger partial charge is 0.379 e. The zero-order valence-corrected chi connectivity index (χ0v) is 14.2. The highest BCUT2D eigenvalue weighted by Gasteiger charge is 2.10. The Morgan fingerprint density at radius 1 is 0.917 bits per heavy atom. The molecule has 0 saturated heterocycles. The summed E-state index contributed by atoms with van der Waals surface area (Å²) in [5.74, 6) is -1.30. The third-order valence-corrected chi connectivity index (χ3v) is 2.61. The van der Waals surface area contributed by atoms with E-state index in [2.05, 4.69) is 5.48 Å². The highest BCUT2D eigenvalue weighted by molar-refractivity contribution is 6.06. The molecule has 0 saturated carbocycles. The Bertz CT molecular complexity index is 440. The Hall–Kier alpha value is -2.00. The van der Waals surface area contributed by atoms with Crippen molar-refractivity contribution in [2.75, 3.05) is 39.6 Å². The molecule has 8 nitrogen and oxygen atoms in total. The van der Waals surface area contributed by atoms with Crippen molar-refractivity contribution in [1.29, 1.82) is 0 Å². The maximum Gasteiger partial charge on any atom is 0.249 e. The number of nitrogens with one attached hydrogen (secondary N) is 1. The third-order valence-electron chi connectivity index (χ3n) is 2.61. The summed E-state index contributed by atoms with van der Waals surface area (Å²) in [5.41, 5.74) is 13.1. The van der Waals surface area contributed by atoms with Crippen LogP contribution in [0.2, 0.25) is 0 Å². The molecule has 1 aromatic carbocycles. The molecule has 0 heterocycles. The van der Waals surface area contributed by atoms with Crippen LogP contribution in [0.4, 0.5) is 0 Å². The predicted molar refractivity (Wildman–Crippen MR) is 90.4 cm³/mol. The van der Waals surface area contributed by atoms with Gasteiger partial charge in [0, 0.05) is 13.2 Å². The summed E-state index contributed by atoms with van der Waals surface area (Å²) >= 11 is 0. The minimum atomic E-state index is -0.649. The van der Waals surface area contributed by atoms with E-state index in [4.69, 9.17) is 25.8 Å². The second-order valence-corrected chi connectivity index (χ2v) is 4.43. The average Bonchev–Trinajstić information content (AvgIpc) is 2.58. The Balaban J connectivity index is 0.000000441. The monoisotopic (exact) mass is 341 g/mol. The van der Waals surface area contributed by atoms with E-state index in [0.717, 1.165) is 13.2 Å². The molecular formula is C16H27N3O5. The molecule has 24 heavy (non-hydrogen) atoms. The second kappa shape index (κ2) is 14.6. The van der Waals surface area contributed by atoms with Crippen molar-refractivity contribution in [3.63, 3.8) is 0 Å². The second-order valence-electron chi connectivity index (χ2n) is 4.43. The number of hydroxylamine groups is 1. The van der Waals surface area contributed by atoms with Gasteiger partial charge in [-0.15, -0.1) is 0 Å². The number of hydrogen-bond acceptors (Lipinski definition) is 6. The summed E-state index contributed by atoms with van der Waals surface area (Å²) in [6.45, 7) is 8.02. The molecule has 1 aromatic rings. The molecule has 0 aliphatic rings. The van der Waals surface area contributed by atoms with Crippen molar-refractivity contribution in [2.24, 2.45) is 11.5 Å². The van der Waals surface area contributed by atoms with Crippen LogP contribution in [0.1, 0.15) is 34.6 Å². The highest BCUT2D eigenvalue weighted by Crippen LogP contribution is 2.06. The highest BCUT2D eigenvalue weighted by atomic mass is 16.7. The maximum absolute atomic E-state index is 10.7. The van der Waals surface area contributed by atoms with Gasteiger partial charge in [0.1, 0.15) is 0 Å². The maximum atomic E-state index is 10.7. The van der Waals surface area contributed by atoms with E-state index < -0.39 is 11.8 Å². The lowest BCUT2D eigenvalue weighted by Gasteiger charge is -2.04. The molecular weight excluding hydrogens is 314 g/mol. The van der Waals surface area contributed by atoms with E-state index in [0.29, 0.717) is 26.4 Å². The fourth-order valence-electron chi connectivity index (χ4n) is 1.55. The van der Waals surface area contributed by atoms with Crippen LogP contribution in [0, 0.1) is 0 Å². The first-order valence-corrected chi connectivity index (χ1v) is 7.73. The molecule has 0 radical (unpaired) electrons. The van der Waals surface area contributed by atoms with E-state index >= 15 is 0 Å². The number of carbonyl (C=O) groups excluding carboxylic acids is 2.